The van der Waals surface area contributed by atoms with Crippen molar-refractivity contribution in [3.05, 3.63) is 12.5 Å². The first-order valence-electron chi connectivity index (χ1n) is 4.17. The van der Waals surface area contributed by atoms with Gasteiger partial charge in [0.05, 0.1) is 24.0 Å². The quantitative estimate of drug-likeness (QED) is 0.730. The summed E-state index contributed by atoms with van der Waals surface area (Å²) in [5.74, 6) is 0. The molecule has 8 heteroatoms. The van der Waals surface area contributed by atoms with E-state index in [1.165, 1.54) is 12.5 Å². The Kier molecular flexibility index (Phi) is 4.71. The Morgan fingerprint density at radius 3 is 3.00 bits per heavy atom. The van der Waals surface area contributed by atoms with Crippen LogP contribution in [0.5, 0.6) is 0 Å². The second kappa shape index (κ2) is 5.59. The molecule has 1 unspecified atom stereocenters. The molecule has 0 amide bonds. The Bertz CT molecular complexity index is 378. The lowest BCUT2D eigenvalue weighted by Crippen LogP contribution is -2.31. The number of methoxy groups -OCH3 is 1. The molecule has 0 radical (unpaired) electrons. The molecule has 1 rings (SSSR count). The summed E-state index contributed by atoms with van der Waals surface area (Å²) in [6.07, 6.45) is 2.57. The van der Waals surface area contributed by atoms with Crippen LogP contribution < -0.4 is 4.72 Å². The van der Waals surface area contributed by atoms with E-state index in [1.807, 2.05) is 0 Å². The fourth-order valence-corrected chi connectivity index (χ4v) is 2.53. The molecule has 6 nitrogen and oxygen atoms in total. The van der Waals surface area contributed by atoms with Gasteiger partial charge in [0.15, 0.2) is 5.03 Å². The lowest BCUT2D eigenvalue weighted by Gasteiger charge is -2.09. The number of rotatable bonds is 6. The fraction of sp³-hybridized carbons (Fsp3) is 0.571. The molecule has 0 saturated carbocycles. The molecule has 0 fully saturated rings. The van der Waals surface area contributed by atoms with Gasteiger partial charge in [-0.05, 0) is 0 Å². The van der Waals surface area contributed by atoms with Gasteiger partial charge in [-0.2, -0.15) is 0 Å². The molecule has 86 valence electrons. The Labute approximate surface area is 96.6 Å². The number of sulfonamides is 1. The molecule has 0 aromatic carbocycles. The number of alkyl halides is 1. The number of aromatic nitrogens is 2. The number of hydrogen-bond donors (Lipinski definition) is 2. The van der Waals surface area contributed by atoms with E-state index >= 15 is 0 Å². The first kappa shape index (κ1) is 12.6. The summed E-state index contributed by atoms with van der Waals surface area (Å²) >= 11 is 3.28. The van der Waals surface area contributed by atoms with E-state index in [4.69, 9.17) is 4.74 Å². The largest absolute Gasteiger partial charge is 0.383 e. The van der Waals surface area contributed by atoms with Crippen LogP contribution in [0.2, 0.25) is 0 Å². The van der Waals surface area contributed by atoms with E-state index in [9.17, 15) is 8.42 Å². The molecule has 0 spiro atoms. The van der Waals surface area contributed by atoms with E-state index in [0.29, 0.717) is 6.61 Å². The molecule has 1 heterocycles. The van der Waals surface area contributed by atoms with Crippen molar-refractivity contribution >= 4 is 26.0 Å². The highest BCUT2D eigenvalue weighted by Gasteiger charge is 2.16. The monoisotopic (exact) mass is 297 g/mol. The highest BCUT2D eigenvalue weighted by molar-refractivity contribution is 9.09. The van der Waals surface area contributed by atoms with Crippen LogP contribution in [0.3, 0.4) is 0 Å². The van der Waals surface area contributed by atoms with Gasteiger partial charge in [0, 0.05) is 13.7 Å². The molecular formula is C7H12BrN3O3S. The third-order valence-electron chi connectivity index (χ3n) is 1.61. The van der Waals surface area contributed by atoms with E-state index in [1.54, 1.807) is 7.11 Å². The lowest BCUT2D eigenvalue weighted by atomic mass is 10.5. The van der Waals surface area contributed by atoms with E-state index in [0.717, 1.165) is 0 Å². The third kappa shape index (κ3) is 3.90. The van der Waals surface area contributed by atoms with Crippen molar-refractivity contribution in [2.24, 2.45) is 0 Å². The molecular weight excluding hydrogens is 286 g/mol. The average molecular weight is 298 g/mol. The number of halogens is 1. The summed E-state index contributed by atoms with van der Waals surface area (Å²) in [7, 11) is -1.93. The molecule has 1 aromatic rings. The number of aromatic amines is 1. The smallest absolute Gasteiger partial charge is 0.257 e. The molecule has 0 aliphatic carbocycles. The number of H-pyrrole nitrogens is 1. The van der Waals surface area contributed by atoms with Crippen LogP contribution >= 0.6 is 15.9 Å². The zero-order valence-corrected chi connectivity index (χ0v) is 10.5. The number of ether oxygens (including phenoxy) is 1. The summed E-state index contributed by atoms with van der Waals surface area (Å²) in [6, 6.07) is 0. The number of hydrogen-bond acceptors (Lipinski definition) is 4. The van der Waals surface area contributed by atoms with E-state index in [-0.39, 0.29) is 16.4 Å². The Morgan fingerprint density at radius 1 is 1.73 bits per heavy atom. The average Bonchev–Trinajstić information content (AvgIpc) is 2.69. The van der Waals surface area contributed by atoms with Crippen LogP contribution in [-0.4, -0.2) is 43.5 Å². The maximum absolute atomic E-state index is 11.6. The van der Waals surface area contributed by atoms with Crippen molar-refractivity contribution in [1.82, 2.24) is 14.7 Å². The van der Waals surface area contributed by atoms with E-state index in [2.05, 4.69) is 30.6 Å². The van der Waals surface area contributed by atoms with Crippen molar-refractivity contribution in [3.8, 4) is 0 Å². The number of nitrogens with zero attached hydrogens (tertiary/aromatic N) is 1. The minimum Gasteiger partial charge on any atom is -0.383 e. The maximum atomic E-state index is 11.6. The fourth-order valence-electron chi connectivity index (χ4n) is 0.908. The van der Waals surface area contributed by atoms with Gasteiger partial charge in [-0.25, -0.2) is 18.1 Å². The Morgan fingerprint density at radius 2 is 2.47 bits per heavy atom. The first-order valence-corrected chi connectivity index (χ1v) is 6.57. The standard InChI is InChI=1S/C7H12BrN3O3S/c1-14-4-6(8)2-11-15(12,13)7-3-9-5-10-7/h3,5-6,11H,2,4H2,1H3,(H,9,10). The molecule has 0 saturated heterocycles. The van der Waals surface area contributed by atoms with Crippen LogP contribution in [0.1, 0.15) is 0 Å². The van der Waals surface area contributed by atoms with Gasteiger partial charge in [0.25, 0.3) is 10.0 Å². The van der Waals surface area contributed by atoms with Crippen LogP contribution in [0.4, 0.5) is 0 Å². The van der Waals surface area contributed by atoms with Crippen LogP contribution in [0, 0.1) is 0 Å². The van der Waals surface area contributed by atoms with Crippen LogP contribution in [-0.2, 0) is 14.8 Å². The van der Waals surface area contributed by atoms with Crippen molar-refractivity contribution in [2.45, 2.75) is 9.85 Å². The lowest BCUT2D eigenvalue weighted by molar-refractivity contribution is 0.201. The van der Waals surface area contributed by atoms with Gasteiger partial charge < -0.3 is 9.72 Å². The SMILES string of the molecule is COCC(Br)CNS(=O)(=O)c1cnc[nH]1. The second-order valence-electron chi connectivity index (χ2n) is 2.82. The summed E-state index contributed by atoms with van der Waals surface area (Å²) in [4.78, 5) is 6.11. The summed E-state index contributed by atoms with van der Waals surface area (Å²) in [5.41, 5.74) is 0. The van der Waals surface area contributed by atoms with Crippen LogP contribution in [0.25, 0.3) is 0 Å². The van der Waals surface area contributed by atoms with Crippen LogP contribution in [0.15, 0.2) is 17.6 Å². The summed E-state index contributed by atoms with van der Waals surface area (Å²) in [5, 5.41) is 0.0552. The minimum absolute atomic E-state index is 0.0552. The summed E-state index contributed by atoms with van der Waals surface area (Å²) < 4.78 is 30.4. The van der Waals surface area contributed by atoms with Gasteiger partial charge in [-0.1, -0.05) is 15.9 Å². The van der Waals surface area contributed by atoms with Gasteiger partial charge in [0.2, 0.25) is 0 Å². The predicted octanol–water partition coefficient (Wildman–Crippen LogP) is 0.0979. The molecule has 0 bridgehead atoms. The molecule has 1 atom stereocenters. The molecule has 2 N–H and O–H groups in total. The molecule has 15 heavy (non-hydrogen) atoms. The van der Waals surface area contributed by atoms with Crippen molar-refractivity contribution in [1.29, 1.82) is 0 Å². The summed E-state index contributed by atoms with van der Waals surface area (Å²) in [6.45, 7) is 0.695. The Hall–Kier alpha value is -0.440. The van der Waals surface area contributed by atoms with Crippen molar-refractivity contribution in [2.75, 3.05) is 20.3 Å². The zero-order chi connectivity index (χ0) is 11.3. The predicted molar refractivity (Wildman–Crippen MR) is 58.4 cm³/mol. The highest BCUT2D eigenvalue weighted by Crippen LogP contribution is 2.04. The number of imidazole rings is 1. The molecule has 0 aliphatic rings. The van der Waals surface area contributed by atoms with Crippen molar-refractivity contribution in [3.63, 3.8) is 0 Å². The Balaban J connectivity index is 2.52. The van der Waals surface area contributed by atoms with Gasteiger partial charge in [-0.15, -0.1) is 0 Å². The number of nitrogens with one attached hydrogen (secondary N) is 2. The highest BCUT2D eigenvalue weighted by atomic mass is 79.9. The maximum Gasteiger partial charge on any atom is 0.257 e. The topological polar surface area (TPSA) is 84.1 Å². The van der Waals surface area contributed by atoms with Gasteiger partial charge in [0.1, 0.15) is 0 Å². The third-order valence-corrected chi connectivity index (χ3v) is 3.54. The second-order valence-corrected chi connectivity index (χ2v) is 5.85. The van der Waals surface area contributed by atoms with Crippen molar-refractivity contribution < 1.29 is 13.2 Å². The minimum atomic E-state index is -3.48. The molecule has 1 aromatic heterocycles. The van der Waals surface area contributed by atoms with Gasteiger partial charge >= 0.3 is 0 Å². The van der Waals surface area contributed by atoms with Gasteiger partial charge in [-0.3, -0.25) is 0 Å². The molecule has 0 aliphatic heterocycles. The van der Waals surface area contributed by atoms with E-state index < -0.39 is 10.0 Å². The first-order chi connectivity index (χ1) is 7.06. The normalized spacial score (nSPS) is 14.0. The zero-order valence-electron chi connectivity index (χ0n) is 8.10.